The molecular formula is C42H52F4N4O4. The van der Waals surface area contributed by atoms with Crippen molar-refractivity contribution in [3.63, 3.8) is 0 Å². The molecule has 4 heterocycles. The summed E-state index contributed by atoms with van der Waals surface area (Å²) in [7, 11) is 2.09. The molecule has 2 unspecified atom stereocenters. The first-order valence-electron chi connectivity index (χ1n) is 19.2. The van der Waals surface area contributed by atoms with Crippen LogP contribution in [0.25, 0.3) is 11.1 Å². The second-order valence-corrected chi connectivity index (χ2v) is 16.2. The number of aryl methyl sites for hydroxylation is 3. The Morgan fingerprint density at radius 1 is 0.981 bits per heavy atom. The number of aromatic nitrogens is 1. The zero-order valence-corrected chi connectivity index (χ0v) is 31.9. The molecule has 1 aromatic heterocycles. The Labute approximate surface area is 314 Å². The predicted octanol–water partition coefficient (Wildman–Crippen LogP) is 7.41. The van der Waals surface area contributed by atoms with Gasteiger partial charge >= 0.3 is 12.1 Å². The molecule has 3 aliphatic heterocycles. The third kappa shape index (κ3) is 8.59. The first-order valence-corrected chi connectivity index (χ1v) is 19.2. The van der Waals surface area contributed by atoms with E-state index in [2.05, 4.69) is 22.2 Å². The largest absolute Gasteiger partial charge is 0.481 e. The fourth-order valence-corrected chi connectivity index (χ4v) is 9.15. The lowest BCUT2D eigenvalue weighted by Crippen LogP contribution is -2.55. The number of alkyl halides is 3. The maximum Gasteiger partial charge on any atom is 0.416 e. The summed E-state index contributed by atoms with van der Waals surface area (Å²) >= 11 is 0. The Bertz CT molecular complexity index is 1930. The van der Waals surface area contributed by atoms with Crippen molar-refractivity contribution >= 4 is 11.9 Å². The smallest absolute Gasteiger partial charge is 0.416 e. The number of pyridine rings is 1. The molecule has 0 radical (unpaired) electrons. The van der Waals surface area contributed by atoms with Crippen molar-refractivity contribution in [1.82, 2.24) is 19.7 Å². The first-order chi connectivity index (χ1) is 25.5. The van der Waals surface area contributed by atoms with Crippen LogP contribution in [0.1, 0.15) is 103 Å². The molecule has 3 aromatic rings. The van der Waals surface area contributed by atoms with Crippen molar-refractivity contribution in [2.24, 2.45) is 5.92 Å². The van der Waals surface area contributed by atoms with Crippen LogP contribution in [0.3, 0.4) is 0 Å². The van der Waals surface area contributed by atoms with E-state index in [-0.39, 0.29) is 36.2 Å². The number of likely N-dealkylation sites (N-methyl/N-ethyl adjacent to an activating group) is 1. The van der Waals surface area contributed by atoms with Gasteiger partial charge < -0.3 is 19.9 Å². The summed E-state index contributed by atoms with van der Waals surface area (Å²) in [6.45, 7) is 9.41. The number of aliphatic carboxylic acids is 1. The van der Waals surface area contributed by atoms with Crippen LogP contribution in [0.2, 0.25) is 0 Å². The number of amides is 1. The van der Waals surface area contributed by atoms with Crippen molar-refractivity contribution < 1.29 is 32.3 Å². The van der Waals surface area contributed by atoms with E-state index in [0.717, 1.165) is 89.6 Å². The van der Waals surface area contributed by atoms with Crippen LogP contribution in [-0.2, 0) is 35.0 Å². The number of piperazine rings is 1. The molecule has 1 amide bonds. The molecule has 3 fully saturated rings. The Hall–Kier alpha value is -4.03. The number of carboxylic acids is 1. The minimum Gasteiger partial charge on any atom is -0.481 e. The van der Waals surface area contributed by atoms with Crippen molar-refractivity contribution in [2.75, 3.05) is 26.7 Å². The van der Waals surface area contributed by atoms with E-state index in [4.69, 9.17) is 0 Å². The number of nitrogens with one attached hydrogen (secondary N) is 1. The number of benzene rings is 2. The molecule has 4 aliphatic rings. The predicted molar refractivity (Wildman–Crippen MR) is 200 cm³/mol. The zero-order chi connectivity index (χ0) is 39.1. The molecular weight excluding hydrogens is 700 g/mol. The maximum absolute atomic E-state index is 14.4. The number of fused-ring (bicyclic) bond motifs is 5. The van der Waals surface area contributed by atoms with E-state index in [1.165, 1.54) is 18.3 Å². The number of nitrogens with zero attached hydrogens (tertiary/aromatic N) is 3. The van der Waals surface area contributed by atoms with Crippen LogP contribution in [0.5, 0.6) is 0 Å². The second-order valence-electron chi connectivity index (χ2n) is 16.2. The fraction of sp³-hybridized carbons (Fsp3) is 0.548. The minimum absolute atomic E-state index is 0.0486. The average Bonchev–Trinajstić information content (AvgIpc) is 3.37. The first kappa shape index (κ1) is 39.7. The number of carbonyl (C=O) groups excluding carboxylic acids is 1. The Balaban J connectivity index is 1.35. The number of carboxylic acid groups (broad SMARTS) is 1. The number of halogens is 4. The van der Waals surface area contributed by atoms with Crippen molar-refractivity contribution in [3.8, 4) is 11.1 Å². The van der Waals surface area contributed by atoms with Gasteiger partial charge in [-0.25, -0.2) is 4.39 Å². The summed E-state index contributed by atoms with van der Waals surface area (Å²) < 4.78 is 58.8. The highest BCUT2D eigenvalue weighted by molar-refractivity contribution is 5.82. The molecule has 2 bridgehead atoms. The Morgan fingerprint density at radius 3 is 2.35 bits per heavy atom. The summed E-state index contributed by atoms with van der Waals surface area (Å²) in [5, 5.41) is 12.9. The van der Waals surface area contributed by atoms with Gasteiger partial charge in [-0.05, 0) is 134 Å². The molecule has 2 N–H and O–H groups in total. The molecule has 0 saturated carbocycles. The van der Waals surface area contributed by atoms with Gasteiger partial charge in [-0.1, -0.05) is 26.3 Å². The second kappa shape index (κ2) is 16.0. The third-order valence-corrected chi connectivity index (χ3v) is 11.7. The van der Waals surface area contributed by atoms with Gasteiger partial charge in [-0.2, -0.15) is 13.2 Å². The van der Waals surface area contributed by atoms with Gasteiger partial charge in [0.15, 0.2) is 0 Å². The molecule has 54 heavy (non-hydrogen) atoms. The molecule has 4 atom stereocenters. The van der Waals surface area contributed by atoms with E-state index in [1.807, 2.05) is 39.8 Å². The normalized spacial score (nSPS) is 20.2. The molecule has 1 aliphatic carbocycles. The third-order valence-electron chi connectivity index (χ3n) is 11.7. The monoisotopic (exact) mass is 752 g/mol. The molecule has 8 nitrogen and oxygen atoms in total. The summed E-state index contributed by atoms with van der Waals surface area (Å²) in [5.41, 5.74) is 3.91. The van der Waals surface area contributed by atoms with Gasteiger partial charge in [-0.3, -0.25) is 19.3 Å². The highest BCUT2D eigenvalue weighted by atomic mass is 19.4. The van der Waals surface area contributed by atoms with Crippen LogP contribution in [0, 0.1) is 25.6 Å². The topological polar surface area (TPSA) is 94.9 Å². The summed E-state index contributed by atoms with van der Waals surface area (Å²) in [4.78, 5) is 44.8. The number of hydrogen-bond acceptors (Lipinski definition) is 5. The zero-order valence-electron chi connectivity index (χ0n) is 31.9. The van der Waals surface area contributed by atoms with Gasteiger partial charge in [0.2, 0.25) is 5.91 Å². The number of hydrogen-bond donors (Lipinski definition) is 2. The fourth-order valence-electron chi connectivity index (χ4n) is 9.15. The Morgan fingerprint density at radius 2 is 1.69 bits per heavy atom. The van der Waals surface area contributed by atoms with E-state index in [0.29, 0.717) is 24.2 Å². The van der Waals surface area contributed by atoms with Crippen LogP contribution < -0.4 is 10.9 Å². The summed E-state index contributed by atoms with van der Waals surface area (Å²) in [5.74, 6) is -2.28. The van der Waals surface area contributed by atoms with Gasteiger partial charge in [0.25, 0.3) is 5.56 Å². The molecule has 12 heteroatoms. The number of carbonyl (C=O) groups is 2. The molecule has 7 rings (SSSR count). The highest BCUT2D eigenvalue weighted by Gasteiger charge is 2.38. The number of rotatable bonds is 12. The lowest BCUT2D eigenvalue weighted by molar-refractivity contribution is -0.139. The molecule has 0 spiro atoms. The van der Waals surface area contributed by atoms with E-state index >= 15 is 0 Å². The van der Waals surface area contributed by atoms with Crippen LogP contribution in [0.15, 0.2) is 41.3 Å². The lowest BCUT2D eigenvalue weighted by atomic mass is 9.87. The average molecular weight is 753 g/mol. The van der Waals surface area contributed by atoms with Gasteiger partial charge in [0.05, 0.1) is 18.0 Å². The minimum atomic E-state index is -4.76. The quantitative estimate of drug-likeness (QED) is 0.187. The van der Waals surface area contributed by atoms with E-state index in [9.17, 15) is 37.1 Å². The summed E-state index contributed by atoms with van der Waals surface area (Å²) in [6.07, 6.45) is 1.75. The van der Waals surface area contributed by atoms with Crippen LogP contribution >= 0.6 is 0 Å². The molecule has 292 valence electrons. The molecule has 2 aromatic carbocycles. The van der Waals surface area contributed by atoms with E-state index < -0.39 is 47.7 Å². The highest BCUT2D eigenvalue weighted by Crippen LogP contribution is 2.40. The SMILES string of the molecule is Cc1cc(F)cc(C)c1-c1cc([C@@H](CC(=O)O)NC(=O)[C@H](CC(C)C)n2cc(CCN3CC4CCCC3CN4C)c(C(F)(F)F)cc2=O)cc2c1CCC2. The lowest BCUT2D eigenvalue weighted by Gasteiger charge is -2.42. The summed E-state index contributed by atoms with van der Waals surface area (Å²) in [6, 6.07) is 5.74. The van der Waals surface area contributed by atoms with Gasteiger partial charge in [0.1, 0.15) is 11.9 Å². The van der Waals surface area contributed by atoms with Crippen molar-refractivity contribution in [1.29, 1.82) is 0 Å². The maximum atomic E-state index is 14.4. The van der Waals surface area contributed by atoms with Gasteiger partial charge in [0, 0.05) is 44.0 Å². The van der Waals surface area contributed by atoms with Crippen molar-refractivity contribution in [2.45, 2.75) is 116 Å². The Kier molecular flexibility index (Phi) is 11.7. The van der Waals surface area contributed by atoms with Crippen LogP contribution in [0.4, 0.5) is 17.6 Å². The standard InChI is InChI=1S/C42H52F4N4O4/c1-24(2)14-37(50-21-28(35(19-38(50)51)42(44,45)46)12-13-49-23-31-9-7-10-32(49)22-48(31)5)41(54)47-36(20-39(52)53)29-17-27-8-6-11-33(27)34(18-29)40-25(3)15-30(43)16-26(40)4/h15-19,21,24,31-32,36-37H,6-14,20,22-23H2,1-5H3,(H,47,54)(H,52,53)/t31?,32?,36-,37+/m1/s1. The molecule has 3 saturated heterocycles. The van der Waals surface area contributed by atoms with Crippen LogP contribution in [-0.4, -0.2) is 70.1 Å². The van der Waals surface area contributed by atoms with E-state index in [1.54, 1.807) is 0 Å². The van der Waals surface area contributed by atoms with Gasteiger partial charge in [-0.15, -0.1) is 0 Å². The van der Waals surface area contributed by atoms with Crippen molar-refractivity contribution in [3.05, 3.63) is 91.6 Å².